The molecule has 1 saturated heterocycles. The van der Waals surface area contributed by atoms with Crippen LogP contribution in [0.2, 0.25) is 0 Å². The van der Waals surface area contributed by atoms with Gasteiger partial charge in [0.2, 0.25) is 0 Å². The topological polar surface area (TPSA) is 72.3 Å². The van der Waals surface area contributed by atoms with Crippen LogP contribution in [0.4, 0.5) is 0 Å². The zero-order chi connectivity index (χ0) is 17.8. The maximum absolute atomic E-state index is 12.3. The molecule has 2 aromatic heterocycles. The van der Waals surface area contributed by atoms with Crippen LogP contribution in [0.1, 0.15) is 28.7 Å². The fourth-order valence-corrected chi connectivity index (χ4v) is 3.00. The minimum absolute atomic E-state index is 0.104. The van der Waals surface area contributed by atoms with Crippen molar-refractivity contribution < 1.29 is 9.53 Å². The summed E-state index contributed by atoms with van der Waals surface area (Å²) in [6.45, 7) is 10.0. The summed E-state index contributed by atoms with van der Waals surface area (Å²) in [7, 11) is 0. The van der Waals surface area contributed by atoms with E-state index in [0.29, 0.717) is 17.9 Å². The Balaban J connectivity index is 1.58. The van der Waals surface area contributed by atoms with Crippen LogP contribution in [0.25, 0.3) is 5.82 Å². The third kappa shape index (κ3) is 4.24. The number of aryl methyl sites for hydroxylation is 2. The number of nitrogens with zero attached hydrogens (tertiary/aromatic N) is 4. The Labute approximate surface area is 148 Å². The summed E-state index contributed by atoms with van der Waals surface area (Å²) >= 11 is 0. The first-order valence-electron chi connectivity index (χ1n) is 8.64. The van der Waals surface area contributed by atoms with E-state index in [1.165, 1.54) is 0 Å². The van der Waals surface area contributed by atoms with Gasteiger partial charge >= 0.3 is 0 Å². The van der Waals surface area contributed by atoms with E-state index in [-0.39, 0.29) is 11.9 Å². The van der Waals surface area contributed by atoms with E-state index in [0.717, 1.165) is 37.7 Å². The van der Waals surface area contributed by atoms with Crippen LogP contribution in [0, 0.1) is 13.8 Å². The monoisotopic (exact) mass is 343 g/mol. The first-order chi connectivity index (χ1) is 12.0. The fourth-order valence-electron chi connectivity index (χ4n) is 3.00. The van der Waals surface area contributed by atoms with Crippen molar-refractivity contribution in [3.63, 3.8) is 0 Å². The molecular formula is C18H25N5O2. The zero-order valence-corrected chi connectivity index (χ0v) is 15.0. The molecule has 1 atom stereocenters. The van der Waals surface area contributed by atoms with E-state index in [1.54, 1.807) is 16.9 Å². The molecule has 134 valence electrons. The van der Waals surface area contributed by atoms with Crippen LogP contribution in [0.5, 0.6) is 0 Å². The van der Waals surface area contributed by atoms with Gasteiger partial charge in [0.1, 0.15) is 0 Å². The molecule has 3 rings (SSSR count). The molecule has 0 unspecified atom stereocenters. The molecule has 0 aliphatic carbocycles. The van der Waals surface area contributed by atoms with Gasteiger partial charge in [-0.05, 0) is 39.0 Å². The van der Waals surface area contributed by atoms with Gasteiger partial charge < -0.3 is 10.1 Å². The molecule has 7 nitrogen and oxygen atoms in total. The molecule has 7 heteroatoms. The predicted molar refractivity (Wildman–Crippen MR) is 95.0 cm³/mol. The number of aromatic nitrogens is 3. The van der Waals surface area contributed by atoms with Crippen molar-refractivity contribution >= 4 is 5.91 Å². The van der Waals surface area contributed by atoms with Crippen molar-refractivity contribution in [2.24, 2.45) is 0 Å². The molecule has 0 radical (unpaired) electrons. The summed E-state index contributed by atoms with van der Waals surface area (Å²) in [4.78, 5) is 19.0. The highest BCUT2D eigenvalue weighted by atomic mass is 16.5. The SMILES string of the molecule is Cc1cc(C)n(-c2ccc(C(=O)NC[C@@H](C)N3CCOCC3)cn2)n1. The summed E-state index contributed by atoms with van der Waals surface area (Å²) in [6.07, 6.45) is 1.60. The normalized spacial score (nSPS) is 16.6. The van der Waals surface area contributed by atoms with E-state index < -0.39 is 0 Å². The number of ether oxygens (including phenoxy) is 1. The highest BCUT2D eigenvalue weighted by Crippen LogP contribution is 2.10. The molecular weight excluding hydrogens is 318 g/mol. The highest BCUT2D eigenvalue weighted by Gasteiger charge is 2.18. The van der Waals surface area contributed by atoms with E-state index in [4.69, 9.17) is 4.74 Å². The maximum Gasteiger partial charge on any atom is 0.252 e. The Morgan fingerprint density at radius 2 is 2.08 bits per heavy atom. The highest BCUT2D eigenvalue weighted by molar-refractivity contribution is 5.93. The standard InChI is InChI=1S/C18H25N5O2/c1-13-10-14(2)23(21-13)17-5-4-16(12-19-17)18(24)20-11-15(3)22-6-8-25-9-7-22/h4-5,10,12,15H,6-9,11H2,1-3H3,(H,20,24)/t15-/m1/s1. The third-order valence-corrected chi connectivity index (χ3v) is 4.46. The average Bonchev–Trinajstić information content (AvgIpc) is 2.98. The largest absolute Gasteiger partial charge is 0.379 e. The van der Waals surface area contributed by atoms with Gasteiger partial charge in [-0.2, -0.15) is 5.10 Å². The van der Waals surface area contributed by atoms with Crippen LogP contribution in [-0.4, -0.2) is 64.5 Å². The second-order valence-corrected chi connectivity index (χ2v) is 6.45. The van der Waals surface area contributed by atoms with Gasteiger partial charge in [0.25, 0.3) is 5.91 Å². The predicted octanol–water partition coefficient (Wildman–Crippen LogP) is 1.33. The lowest BCUT2D eigenvalue weighted by molar-refractivity contribution is 0.0204. The molecule has 0 bridgehead atoms. The molecule has 1 fully saturated rings. The van der Waals surface area contributed by atoms with Crippen molar-refractivity contribution in [2.75, 3.05) is 32.8 Å². The molecule has 0 aromatic carbocycles. The van der Waals surface area contributed by atoms with Gasteiger partial charge in [-0.15, -0.1) is 0 Å². The minimum atomic E-state index is -0.104. The molecule has 0 spiro atoms. The number of rotatable bonds is 5. The minimum Gasteiger partial charge on any atom is -0.379 e. The van der Waals surface area contributed by atoms with Crippen molar-refractivity contribution in [1.82, 2.24) is 25.0 Å². The summed E-state index contributed by atoms with van der Waals surface area (Å²) in [5.74, 6) is 0.608. The number of pyridine rings is 1. The summed E-state index contributed by atoms with van der Waals surface area (Å²) < 4.78 is 7.13. The molecule has 1 aliphatic rings. The van der Waals surface area contributed by atoms with E-state index in [2.05, 4.69) is 27.2 Å². The summed E-state index contributed by atoms with van der Waals surface area (Å²) in [5.41, 5.74) is 2.51. The lowest BCUT2D eigenvalue weighted by Crippen LogP contribution is -2.47. The van der Waals surface area contributed by atoms with Crippen molar-refractivity contribution in [1.29, 1.82) is 0 Å². The summed E-state index contributed by atoms with van der Waals surface area (Å²) in [5, 5.41) is 7.39. The third-order valence-electron chi connectivity index (χ3n) is 4.46. The van der Waals surface area contributed by atoms with Crippen molar-refractivity contribution in [3.8, 4) is 5.82 Å². The van der Waals surface area contributed by atoms with E-state index in [9.17, 15) is 4.79 Å². The Morgan fingerprint density at radius 3 is 2.68 bits per heavy atom. The lowest BCUT2D eigenvalue weighted by atomic mass is 10.2. The van der Waals surface area contributed by atoms with Crippen LogP contribution >= 0.6 is 0 Å². The van der Waals surface area contributed by atoms with Crippen LogP contribution in [0.15, 0.2) is 24.4 Å². The quantitative estimate of drug-likeness (QED) is 0.887. The first-order valence-corrected chi connectivity index (χ1v) is 8.64. The van der Waals surface area contributed by atoms with Gasteiger partial charge in [-0.3, -0.25) is 9.69 Å². The fraction of sp³-hybridized carbons (Fsp3) is 0.500. The molecule has 0 saturated carbocycles. The van der Waals surface area contributed by atoms with Crippen molar-refractivity contribution in [2.45, 2.75) is 26.8 Å². The number of nitrogens with one attached hydrogen (secondary N) is 1. The number of hydrogen-bond donors (Lipinski definition) is 1. The van der Waals surface area contributed by atoms with Crippen LogP contribution in [-0.2, 0) is 4.74 Å². The van der Waals surface area contributed by atoms with Gasteiger partial charge in [-0.25, -0.2) is 9.67 Å². The second kappa shape index (κ2) is 7.76. The van der Waals surface area contributed by atoms with Gasteiger partial charge in [0.05, 0.1) is 24.5 Å². The molecule has 1 aliphatic heterocycles. The summed E-state index contributed by atoms with van der Waals surface area (Å²) in [6, 6.07) is 5.89. The van der Waals surface area contributed by atoms with Gasteiger partial charge in [0, 0.05) is 37.6 Å². The Hall–Kier alpha value is -2.25. The Morgan fingerprint density at radius 1 is 1.32 bits per heavy atom. The first kappa shape index (κ1) is 17.6. The maximum atomic E-state index is 12.3. The molecule has 1 N–H and O–H groups in total. The smallest absolute Gasteiger partial charge is 0.252 e. The lowest BCUT2D eigenvalue weighted by Gasteiger charge is -2.32. The molecule has 1 amide bonds. The average molecular weight is 343 g/mol. The number of carbonyl (C=O) groups is 1. The van der Waals surface area contributed by atoms with E-state index >= 15 is 0 Å². The molecule has 2 aromatic rings. The Bertz CT molecular complexity index is 720. The Kier molecular flexibility index (Phi) is 5.45. The van der Waals surface area contributed by atoms with Gasteiger partial charge in [0.15, 0.2) is 5.82 Å². The van der Waals surface area contributed by atoms with Crippen LogP contribution in [0.3, 0.4) is 0 Å². The molecule has 25 heavy (non-hydrogen) atoms. The van der Waals surface area contributed by atoms with Gasteiger partial charge in [-0.1, -0.05) is 0 Å². The van der Waals surface area contributed by atoms with E-state index in [1.807, 2.05) is 26.0 Å². The number of hydrogen-bond acceptors (Lipinski definition) is 5. The molecule has 3 heterocycles. The number of amides is 1. The van der Waals surface area contributed by atoms with Crippen LogP contribution < -0.4 is 5.32 Å². The number of morpholine rings is 1. The zero-order valence-electron chi connectivity index (χ0n) is 15.0. The number of carbonyl (C=O) groups excluding carboxylic acids is 1. The second-order valence-electron chi connectivity index (χ2n) is 6.45. The van der Waals surface area contributed by atoms with Crippen molar-refractivity contribution in [3.05, 3.63) is 41.3 Å².